The molecule has 0 bridgehead atoms. The molecule has 0 saturated carbocycles. The minimum Gasteiger partial charge on any atom is -0.369 e. The standard InChI is InChI=1S/C32H39N19O4/c1-14(43-47-29(33)34)19-7-20(15(2)44-48-30(35)36)10-23(9-19)41-27(52)18-5-6-26(51(54)55)25(13-18)28(53)42-24-11-21(16(3)45-49-31(37)38)8-22(12-24)17(4)46-50-32(39)40/h5-13H,1-4H3,(H,41,52)(H,42,53)(H4,33,34,47)(H4,35,36,48)(H4,37,38,49)(H4,39,40,50)/b43-14-,44-15-,45-16-,46-17+. The fraction of sp³-hybridized carbons (Fsp3) is 0.125. The van der Waals surface area contributed by atoms with Crippen LogP contribution in [0.5, 0.6) is 0 Å². The molecule has 0 aliphatic heterocycles. The van der Waals surface area contributed by atoms with Gasteiger partial charge in [0.1, 0.15) is 5.56 Å². The fourth-order valence-electron chi connectivity index (χ4n) is 4.49. The number of amides is 2. The first-order chi connectivity index (χ1) is 25.8. The third-order valence-electron chi connectivity index (χ3n) is 7.13. The number of nitrogens with two attached hydrogens (primary N) is 4. The van der Waals surface area contributed by atoms with Crippen LogP contribution >= 0.6 is 0 Å². The van der Waals surface area contributed by atoms with Gasteiger partial charge in [0, 0.05) is 45.3 Å². The van der Waals surface area contributed by atoms with Gasteiger partial charge in [-0.05, 0) is 76.2 Å². The third kappa shape index (κ3) is 12.2. The van der Waals surface area contributed by atoms with Crippen molar-refractivity contribution in [3.63, 3.8) is 0 Å². The van der Waals surface area contributed by atoms with Crippen LogP contribution in [0.15, 0.2) is 75.0 Å². The van der Waals surface area contributed by atoms with E-state index in [1.807, 2.05) is 0 Å². The smallest absolute Gasteiger partial charge is 0.282 e. The Labute approximate surface area is 312 Å². The van der Waals surface area contributed by atoms with Gasteiger partial charge in [0.15, 0.2) is 0 Å². The number of hydrogen-bond donors (Lipinski definition) is 14. The normalized spacial score (nSPS) is 11.9. The van der Waals surface area contributed by atoms with Crippen molar-refractivity contribution in [3.8, 4) is 0 Å². The van der Waals surface area contributed by atoms with E-state index < -0.39 is 51.8 Å². The Morgan fingerprint density at radius 2 is 0.873 bits per heavy atom. The van der Waals surface area contributed by atoms with E-state index in [1.165, 1.54) is 18.2 Å². The van der Waals surface area contributed by atoms with Crippen molar-refractivity contribution in [2.24, 2.45) is 43.3 Å². The Kier molecular flexibility index (Phi) is 13.7. The van der Waals surface area contributed by atoms with Crippen molar-refractivity contribution in [1.29, 1.82) is 21.6 Å². The zero-order valence-electron chi connectivity index (χ0n) is 29.9. The summed E-state index contributed by atoms with van der Waals surface area (Å²) in [5, 5.41) is 63.0. The minimum atomic E-state index is -0.934. The number of nitrogens with one attached hydrogen (secondary N) is 10. The lowest BCUT2D eigenvalue weighted by molar-refractivity contribution is -0.385. The molecule has 0 spiro atoms. The summed E-state index contributed by atoms with van der Waals surface area (Å²) in [4.78, 5) is 38.6. The Morgan fingerprint density at radius 3 is 1.18 bits per heavy atom. The SMILES string of the molecule is C/C(=N/NC(=N)N)c1cc(NC(=O)c2ccc([N+](=O)[O-])c(C(=O)Nc3cc(/C(C)=N\NC(=N)N)cc(/C(C)=N/NC(=N)N)c3)c2)cc(/C(C)=N\NC(=N)N)c1. The average Bonchev–Trinajstić information content (AvgIpc) is 3.13. The molecule has 18 N–H and O–H groups in total. The zero-order valence-corrected chi connectivity index (χ0v) is 29.9. The van der Waals surface area contributed by atoms with Crippen LogP contribution in [-0.2, 0) is 0 Å². The van der Waals surface area contributed by atoms with Crippen LogP contribution in [-0.4, -0.2) is 63.4 Å². The zero-order chi connectivity index (χ0) is 41.0. The number of carbonyl (C=O) groups is 2. The molecule has 0 aliphatic rings. The summed E-state index contributed by atoms with van der Waals surface area (Å²) in [5.41, 5.74) is 33.2. The lowest BCUT2D eigenvalue weighted by atomic mass is 10.0. The van der Waals surface area contributed by atoms with Gasteiger partial charge in [-0.15, -0.1) is 0 Å². The van der Waals surface area contributed by atoms with Crippen molar-refractivity contribution in [1.82, 2.24) is 21.7 Å². The summed E-state index contributed by atoms with van der Waals surface area (Å²) in [6.07, 6.45) is 0. The van der Waals surface area contributed by atoms with Gasteiger partial charge in [0.2, 0.25) is 23.8 Å². The van der Waals surface area contributed by atoms with Crippen molar-refractivity contribution in [2.45, 2.75) is 27.7 Å². The number of hydrogen-bond acceptors (Lipinski definition) is 12. The molecular formula is C32H39N19O4. The fourth-order valence-corrected chi connectivity index (χ4v) is 4.49. The summed E-state index contributed by atoms with van der Waals surface area (Å²) in [6, 6.07) is 12.7. The molecule has 3 rings (SSSR count). The summed E-state index contributed by atoms with van der Waals surface area (Å²) in [7, 11) is 0. The first-order valence-electron chi connectivity index (χ1n) is 15.6. The second-order valence-corrected chi connectivity index (χ2v) is 11.4. The van der Waals surface area contributed by atoms with Gasteiger partial charge in [0.25, 0.3) is 17.5 Å². The molecule has 0 fully saturated rings. The lowest BCUT2D eigenvalue weighted by Gasteiger charge is -2.13. The van der Waals surface area contributed by atoms with Gasteiger partial charge < -0.3 is 33.6 Å². The molecule has 2 amide bonds. The van der Waals surface area contributed by atoms with Gasteiger partial charge in [-0.2, -0.15) is 20.4 Å². The summed E-state index contributed by atoms with van der Waals surface area (Å²) >= 11 is 0. The largest absolute Gasteiger partial charge is 0.369 e. The number of nitro benzene ring substituents is 1. The molecule has 3 aromatic carbocycles. The van der Waals surface area contributed by atoms with E-state index in [4.69, 9.17) is 44.6 Å². The highest BCUT2D eigenvalue weighted by Crippen LogP contribution is 2.25. The number of carbonyl (C=O) groups excluding carboxylic acids is 2. The van der Waals surface area contributed by atoms with Crippen LogP contribution in [0.3, 0.4) is 0 Å². The second-order valence-electron chi connectivity index (χ2n) is 11.4. The average molecular weight is 754 g/mol. The van der Waals surface area contributed by atoms with Crippen LogP contribution in [0.4, 0.5) is 17.1 Å². The van der Waals surface area contributed by atoms with E-state index in [9.17, 15) is 19.7 Å². The summed E-state index contributed by atoms with van der Waals surface area (Å²) in [6.45, 7) is 6.44. The van der Waals surface area contributed by atoms with Crippen molar-refractivity contribution < 1.29 is 14.5 Å². The van der Waals surface area contributed by atoms with Crippen LogP contribution in [0, 0.1) is 31.8 Å². The Hall–Kier alpha value is -8.24. The highest BCUT2D eigenvalue weighted by Gasteiger charge is 2.24. The maximum absolute atomic E-state index is 13.7. The maximum Gasteiger partial charge on any atom is 0.282 e. The third-order valence-corrected chi connectivity index (χ3v) is 7.13. The van der Waals surface area contributed by atoms with E-state index in [-0.39, 0.29) is 16.9 Å². The Bertz CT molecular complexity index is 2110. The molecule has 23 nitrogen and oxygen atoms in total. The van der Waals surface area contributed by atoms with Crippen LogP contribution in [0.25, 0.3) is 0 Å². The van der Waals surface area contributed by atoms with Crippen LogP contribution in [0.2, 0.25) is 0 Å². The number of nitro groups is 1. The van der Waals surface area contributed by atoms with Gasteiger partial charge in [-0.25, -0.2) is 21.7 Å². The number of rotatable bonds is 13. The summed E-state index contributed by atoms with van der Waals surface area (Å²) < 4.78 is 0. The van der Waals surface area contributed by atoms with E-state index in [1.54, 1.807) is 52.0 Å². The highest BCUT2D eigenvalue weighted by molar-refractivity contribution is 6.13. The lowest BCUT2D eigenvalue weighted by Crippen LogP contribution is -2.27. The molecule has 0 radical (unpaired) electrons. The first kappa shape index (κ1) is 41.2. The van der Waals surface area contributed by atoms with Gasteiger partial charge in [-0.1, -0.05) is 0 Å². The minimum absolute atomic E-state index is 0.110. The Balaban J connectivity index is 2.06. The van der Waals surface area contributed by atoms with E-state index in [0.29, 0.717) is 45.1 Å². The van der Waals surface area contributed by atoms with Gasteiger partial charge >= 0.3 is 0 Å². The molecule has 286 valence electrons. The molecule has 55 heavy (non-hydrogen) atoms. The Morgan fingerprint density at radius 1 is 0.545 bits per heavy atom. The van der Waals surface area contributed by atoms with E-state index in [0.717, 1.165) is 12.1 Å². The van der Waals surface area contributed by atoms with Gasteiger partial charge in [0.05, 0.1) is 27.8 Å². The quantitative estimate of drug-likeness (QED) is 0.0502. The number of hydrazone groups is 4. The number of guanidine groups is 4. The van der Waals surface area contributed by atoms with Crippen LogP contribution in [0.1, 0.15) is 70.7 Å². The molecule has 3 aromatic rings. The second kappa shape index (κ2) is 18.3. The van der Waals surface area contributed by atoms with E-state index >= 15 is 0 Å². The molecule has 23 heteroatoms. The van der Waals surface area contributed by atoms with Gasteiger partial charge in [-0.3, -0.25) is 41.3 Å². The van der Waals surface area contributed by atoms with E-state index in [2.05, 4.69) is 52.7 Å². The number of nitrogens with zero attached hydrogens (tertiary/aromatic N) is 5. The monoisotopic (exact) mass is 753 g/mol. The molecular weight excluding hydrogens is 714 g/mol. The highest BCUT2D eigenvalue weighted by atomic mass is 16.6. The summed E-state index contributed by atoms with van der Waals surface area (Å²) in [5.74, 6) is -3.33. The molecule has 0 saturated heterocycles. The molecule has 0 heterocycles. The predicted molar refractivity (Wildman–Crippen MR) is 211 cm³/mol. The van der Waals surface area contributed by atoms with Crippen molar-refractivity contribution in [3.05, 3.63) is 98.1 Å². The molecule has 0 unspecified atom stereocenters. The molecule has 0 aromatic heterocycles. The van der Waals surface area contributed by atoms with Crippen molar-refractivity contribution >= 4 is 75.6 Å². The van der Waals surface area contributed by atoms with Crippen LogP contribution < -0.4 is 55.3 Å². The maximum atomic E-state index is 13.7. The predicted octanol–water partition coefficient (Wildman–Crippen LogP) is 0.928. The first-order valence-corrected chi connectivity index (χ1v) is 15.6. The number of anilines is 2. The molecule has 0 atom stereocenters. The molecule has 0 aliphatic carbocycles. The topological polar surface area (TPSA) is 398 Å². The van der Waals surface area contributed by atoms with Crippen molar-refractivity contribution in [2.75, 3.05) is 10.6 Å². The number of benzene rings is 3.